The number of hydrogen-bond acceptors (Lipinski definition) is 5. The minimum absolute atomic E-state index is 0.263. The van der Waals surface area contributed by atoms with E-state index in [0.717, 1.165) is 50.2 Å². The van der Waals surface area contributed by atoms with E-state index in [9.17, 15) is 4.79 Å². The molecule has 1 amide bonds. The first-order chi connectivity index (χ1) is 12.6. The average molecular weight is 431 g/mol. The molecule has 1 aromatic carbocycles. The summed E-state index contributed by atoms with van der Waals surface area (Å²) < 4.78 is 1.87. The number of fused-ring (bicyclic) bond motifs is 1. The molecule has 134 valence electrons. The first-order valence-corrected chi connectivity index (χ1v) is 10.3. The fourth-order valence-corrected chi connectivity index (χ4v) is 4.87. The molecule has 3 aromatic rings. The van der Waals surface area contributed by atoms with Gasteiger partial charge < -0.3 is 11.1 Å². The Morgan fingerprint density at radius 3 is 2.81 bits per heavy atom. The second-order valence-electron chi connectivity index (χ2n) is 6.64. The maximum Gasteiger partial charge on any atom is 0.270 e. The normalized spacial score (nSPS) is 17.5. The van der Waals surface area contributed by atoms with Crippen molar-refractivity contribution in [2.75, 3.05) is 13.1 Å². The van der Waals surface area contributed by atoms with Crippen LogP contribution in [-0.4, -0.2) is 29.2 Å². The van der Waals surface area contributed by atoms with Crippen molar-refractivity contribution in [2.45, 2.75) is 19.3 Å². The molecular weight excluding hydrogens is 412 g/mol. The second-order valence-corrected chi connectivity index (χ2v) is 8.60. The molecule has 0 saturated carbocycles. The Kier molecular flexibility index (Phi) is 5.02. The van der Waals surface area contributed by atoms with Crippen molar-refractivity contribution < 1.29 is 4.79 Å². The van der Waals surface area contributed by atoms with E-state index in [4.69, 9.17) is 5.73 Å². The van der Waals surface area contributed by atoms with Crippen molar-refractivity contribution in [1.29, 1.82) is 0 Å². The molecule has 1 aliphatic heterocycles. The zero-order valence-corrected chi connectivity index (χ0v) is 16.6. The molecule has 1 fully saturated rings. The summed E-state index contributed by atoms with van der Waals surface area (Å²) in [7, 11) is 0. The standard InChI is InChI=1S/C19H19BrN4OS/c20-13-5-3-12(4-6-13)16-9-14-15(8-11-2-1-7-22-10-11)23-24-17(19(21)25)18(14)26-16/h3-6,9,11,22H,1-2,7-8,10H2,(H2,21,25). The number of benzene rings is 1. The number of amides is 1. The van der Waals surface area contributed by atoms with Crippen LogP contribution < -0.4 is 11.1 Å². The molecule has 4 rings (SSSR count). The number of nitrogens with zero attached hydrogens (tertiary/aromatic N) is 2. The van der Waals surface area contributed by atoms with Crippen LogP contribution in [0.5, 0.6) is 0 Å². The number of rotatable bonds is 4. The van der Waals surface area contributed by atoms with Gasteiger partial charge >= 0.3 is 0 Å². The highest BCUT2D eigenvalue weighted by Gasteiger charge is 2.21. The van der Waals surface area contributed by atoms with E-state index in [2.05, 4.69) is 49.6 Å². The lowest BCUT2D eigenvalue weighted by atomic mass is 9.93. The lowest BCUT2D eigenvalue weighted by molar-refractivity contribution is 0.0996. The van der Waals surface area contributed by atoms with Gasteiger partial charge in [-0.2, -0.15) is 5.10 Å². The van der Waals surface area contributed by atoms with Gasteiger partial charge in [-0.25, -0.2) is 0 Å². The smallest absolute Gasteiger partial charge is 0.270 e. The minimum Gasteiger partial charge on any atom is -0.364 e. The van der Waals surface area contributed by atoms with Crippen LogP contribution in [0.4, 0.5) is 0 Å². The number of hydrogen-bond donors (Lipinski definition) is 2. The molecule has 7 heteroatoms. The van der Waals surface area contributed by atoms with Crippen LogP contribution in [0.15, 0.2) is 34.8 Å². The Bertz CT molecular complexity index is 948. The molecular formula is C19H19BrN4OS. The number of primary amides is 1. The molecule has 1 unspecified atom stereocenters. The predicted molar refractivity (Wildman–Crippen MR) is 108 cm³/mol. The van der Waals surface area contributed by atoms with Crippen LogP contribution in [0.2, 0.25) is 0 Å². The Hall–Kier alpha value is -1.83. The molecule has 1 saturated heterocycles. The summed E-state index contributed by atoms with van der Waals surface area (Å²) in [4.78, 5) is 12.9. The Morgan fingerprint density at radius 2 is 2.12 bits per heavy atom. The largest absolute Gasteiger partial charge is 0.364 e. The third kappa shape index (κ3) is 3.51. The van der Waals surface area contributed by atoms with E-state index in [0.29, 0.717) is 5.92 Å². The Morgan fingerprint density at radius 1 is 1.31 bits per heavy atom. The molecule has 0 radical (unpaired) electrons. The molecule has 0 aliphatic carbocycles. The summed E-state index contributed by atoms with van der Waals surface area (Å²) in [6.07, 6.45) is 3.25. The van der Waals surface area contributed by atoms with E-state index in [1.165, 1.54) is 12.8 Å². The van der Waals surface area contributed by atoms with Gasteiger partial charge in [-0.05, 0) is 62.0 Å². The second kappa shape index (κ2) is 7.42. The van der Waals surface area contributed by atoms with Gasteiger partial charge in [0.25, 0.3) is 5.91 Å². The first kappa shape index (κ1) is 17.6. The fraction of sp³-hybridized carbons (Fsp3) is 0.316. The molecule has 3 N–H and O–H groups in total. The molecule has 1 aliphatic rings. The molecule has 3 heterocycles. The van der Waals surface area contributed by atoms with Crippen LogP contribution >= 0.6 is 27.3 Å². The zero-order chi connectivity index (χ0) is 18.1. The van der Waals surface area contributed by atoms with Gasteiger partial charge in [0.05, 0.1) is 10.4 Å². The van der Waals surface area contributed by atoms with Crippen molar-refractivity contribution >= 4 is 43.3 Å². The highest BCUT2D eigenvalue weighted by atomic mass is 79.9. The van der Waals surface area contributed by atoms with Crippen LogP contribution in [-0.2, 0) is 6.42 Å². The maximum absolute atomic E-state index is 11.8. The number of nitrogens with two attached hydrogens (primary N) is 1. The lowest BCUT2D eigenvalue weighted by Crippen LogP contribution is -2.31. The third-order valence-corrected chi connectivity index (χ3v) is 6.49. The van der Waals surface area contributed by atoms with Gasteiger partial charge in [-0.15, -0.1) is 16.4 Å². The van der Waals surface area contributed by atoms with Gasteiger partial charge in [0.15, 0.2) is 5.69 Å². The molecule has 1 atom stereocenters. The third-order valence-electron chi connectivity index (χ3n) is 4.77. The maximum atomic E-state index is 11.8. The van der Waals surface area contributed by atoms with Crippen molar-refractivity contribution in [3.05, 3.63) is 46.2 Å². The minimum atomic E-state index is -0.530. The number of halogens is 1. The van der Waals surface area contributed by atoms with Crippen molar-refractivity contribution in [2.24, 2.45) is 11.7 Å². The number of carbonyl (C=O) groups is 1. The first-order valence-electron chi connectivity index (χ1n) is 8.67. The zero-order valence-electron chi connectivity index (χ0n) is 14.2. The van der Waals surface area contributed by atoms with Crippen LogP contribution in [0, 0.1) is 5.92 Å². The lowest BCUT2D eigenvalue weighted by Gasteiger charge is -2.22. The quantitative estimate of drug-likeness (QED) is 0.659. The van der Waals surface area contributed by atoms with Crippen molar-refractivity contribution in [1.82, 2.24) is 15.5 Å². The van der Waals surface area contributed by atoms with E-state index >= 15 is 0 Å². The predicted octanol–water partition coefficient (Wildman–Crippen LogP) is 3.76. The van der Waals surface area contributed by atoms with E-state index in [1.54, 1.807) is 11.3 Å². The number of thiophene rings is 1. The van der Waals surface area contributed by atoms with Crippen molar-refractivity contribution in [3.63, 3.8) is 0 Å². The summed E-state index contributed by atoms with van der Waals surface area (Å²) in [5, 5.41) is 13.0. The average Bonchev–Trinajstić information content (AvgIpc) is 3.09. The summed E-state index contributed by atoms with van der Waals surface area (Å²) in [6.45, 7) is 2.09. The highest BCUT2D eigenvalue weighted by Crippen LogP contribution is 2.37. The molecule has 0 spiro atoms. The van der Waals surface area contributed by atoms with Crippen LogP contribution in [0.1, 0.15) is 29.0 Å². The molecule has 5 nitrogen and oxygen atoms in total. The topological polar surface area (TPSA) is 80.9 Å². The fourth-order valence-electron chi connectivity index (χ4n) is 3.43. The Balaban J connectivity index is 1.78. The van der Waals surface area contributed by atoms with Crippen molar-refractivity contribution in [3.8, 4) is 10.4 Å². The van der Waals surface area contributed by atoms with Gasteiger partial charge in [0.2, 0.25) is 0 Å². The highest BCUT2D eigenvalue weighted by molar-refractivity contribution is 9.10. The summed E-state index contributed by atoms with van der Waals surface area (Å²) in [5.41, 5.74) is 7.86. The molecule has 26 heavy (non-hydrogen) atoms. The van der Waals surface area contributed by atoms with E-state index in [1.807, 2.05) is 12.1 Å². The van der Waals surface area contributed by atoms with Crippen LogP contribution in [0.3, 0.4) is 0 Å². The number of aromatic nitrogens is 2. The number of nitrogens with one attached hydrogen (secondary N) is 1. The Labute approximate surface area is 164 Å². The molecule has 2 aromatic heterocycles. The summed E-state index contributed by atoms with van der Waals surface area (Å²) in [6, 6.07) is 10.3. The summed E-state index contributed by atoms with van der Waals surface area (Å²) >= 11 is 5.02. The van der Waals surface area contributed by atoms with E-state index in [-0.39, 0.29) is 5.69 Å². The van der Waals surface area contributed by atoms with E-state index < -0.39 is 5.91 Å². The van der Waals surface area contributed by atoms with Gasteiger partial charge in [-0.3, -0.25) is 4.79 Å². The molecule has 0 bridgehead atoms. The number of carbonyl (C=O) groups excluding carboxylic acids is 1. The monoisotopic (exact) mass is 430 g/mol. The summed E-state index contributed by atoms with van der Waals surface area (Å²) in [5.74, 6) is 0.0225. The van der Waals surface area contributed by atoms with Crippen LogP contribution in [0.25, 0.3) is 20.5 Å². The van der Waals surface area contributed by atoms with Gasteiger partial charge in [0.1, 0.15) is 0 Å². The number of piperidine rings is 1. The van der Waals surface area contributed by atoms with Gasteiger partial charge in [0, 0.05) is 14.7 Å². The SMILES string of the molecule is NC(=O)c1nnc(CC2CCCNC2)c2cc(-c3ccc(Br)cc3)sc12. The van der Waals surface area contributed by atoms with Gasteiger partial charge in [-0.1, -0.05) is 28.1 Å².